The van der Waals surface area contributed by atoms with E-state index in [0.29, 0.717) is 38.5 Å². The second-order valence-electron chi connectivity index (χ2n) is 6.84. The number of hydrogen-bond acceptors (Lipinski definition) is 10. The maximum Gasteiger partial charge on any atom is 0.331 e. The zero-order valence-electron chi connectivity index (χ0n) is 18.2. The molecule has 0 aromatic carbocycles. The number of carbonyl (C=O) groups is 4. The lowest BCUT2D eigenvalue weighted by atomic mass is 10.1. The second kappa shape index (κ2) is 21.0. The van der Waals surface area contributed by atoms with Crippen LogP contribution < -0.4 is 0 Å². The summed E-state index contributed by atoms with van der Waals surface area (Å²) in [6.07, 6.45) is 5.92. The van der Waals surface area contributed by atoms with Gasteiger partial charge in [0.05, 0.1) is 26.2 Å². The molecule has 0 saturated heterocycles. The molecule has 0 aliphatic rings. The van der Waals surface area contributed by atoms with E-state index in [0.717, 1.165) is 19.3 Å². The van der Waals surface area contributed by atoms with Crippen LogP contribution in [-0.4, -0.2) is 73.7 Å². The van der Waals surface area contributed by atoms with Crippen molar-refractivity contribution in [3.05, 3.63) is 0 Å². The van der Waals surface area contributed by atoms with Crippen molar-refractivity contribution >= 4 is 23.9 Å². The number of esters is 4. The summed E-state index contributed by atoms with van der Waals surface area (Å²) in [7, 11) is 0. The molecule has 0 radical (unpaired) electrons. The van der Waals surface area contributed by atoms with Crippen molar-refractivity contribution in [1.29, 1.82) is 0 Å². The lowest BCUT2D eigenvalue weighted by molar-refractivity contribution is -0.150. The van der Waals surface area contributed by atoms with Gasteiger partial charge in [0, 0.05) is 25.9 Å². The van der Waals surface area contributed by atoms with Gasteiger partial charge in [0.25, 0.3) is 0 Å². The van der Waals surface area contributed by atoms with Crippen LogP contribution in [0.15, 0.2) is 0 Å². The van der Waals surface area contributed by atoms with E-state index in [4.69, 9.17) is 29.2 Å². The first-order valence-electron chi connectivity index (χ1n) is 10.8. The fourth-order valence-corrected chi connectivity index (χ4v) is 2.41. The topological polar surface area (TPSA) is 146 Å². The highest BCUT2D eigenvalue weighted by Gasteiger charge is 2.08. The zero-order valence-corrected chi connectivity index (χ0v) is 18.2. The number of hydrogen-bond donors (Lipinski definition) is 2. The normalized spacial score (nSPS) is 10.4. The molecule has 0 aromatic heterocycles. The summed E-state index contributed by atoms with van der Waals surface area (Å²) in [6.45, 7) is -0.00503. The van der Waals surface area contributed by atoms with Crippen molar-refractivity contribution in [1.82, 2.24) is 0 Å². The summed E-state index contributed by atoms with van der Waals surface area (Å²) in [5.74, 6) is -1.81. The lowest BCUT2D eigenvalue weighted by Crippen LogP contribution is -2.14. The van der Waals surface area contributed by atoms with Crippen LogP contribution in [0, 0.1) is 0 Å². The third-order valence-corrected chi connectivity index (χ3v) is 4.09. The van der Waals surface area contributed by atoms with Crippen LogP contribution in [0.1, 0.15) is 70.6 Å². The average Bonchev–Trinajstić information content (AvgIpc) is 2.75. The Labute approximate surface area is 183 Å². The van der Waals surface area contributed by atoms with E-state index in [1.165, 1.54) is 0 Å². The first-order chi connectivity index (χ1) is 15.0. The van der Waals surface area contributed by atoms with E-state index in [-0.39, 0.29) is 57.8 Å². The number of aliphatic hydroxyl groups is 2. The number of rotatable bonds is 20. The molecule has 0 bridgehead atoms. The van der Waals surface area contributed by atoms with Crippen molar-refractivity contribution in [3.63, 3.8) is 0 Å². The molecule has 0 fully saturated rings. The first-order valence-corrected chi connectivity index (χ1v) is 10.8. The molecule has 0 rings (SSSR count). The molecular weight excluding hydrogens is 412 g/mol. The second-order valence-corrected chi connectivity index (χ2v) is 6.84. The molecule has 10 nitrogen and oxygen atoms in total. The minimum Gasteiger partial charge on any atom is -0.466 e. The Morgan fingerprint density at radius 3 is 1.48 bits per heavy atom. The van der Waals surface area contributed by atoms with Gasteiger partial charge in [0.15, 0.2) is 0 Å². The van der Waals surface area contributed by atoms with Gasteiger partial charge in [0.1, 0.15) is 13.2 Å². The molecule has 0 heterocycles. The van der Waals surface area contributed by atoms with Gasteiger partial charge in [-0.25, -0.2) is 4.79 Å². The summed E-state index contributed by atoms with van der Waals surface area (Å²) in [4.78, 5) is 45.2. The Kier molecular flexibility index (Phi) is 19.6. The molecule has 0 aromatic rings. The third-order valence-electron chi connectivity index (χ3n) is 4.09. The predicted octanol–water partition coefficient (Wildman–Crippen LogP) is 1.43. The van der Waals surface area contributed by atoms with E-state index in [1.807, 2.05) is 0 Å². The minimum atomic E-state index is -0.640. The van der Waals surface area contributed by atoms with Crippen molar-refractivity contribution in [2.45, 2.75) is 70.6 Å². The number of ether oxygens (including phenoxy) is 4. The van der Waals surface area contributed by atoms with E-state index in [1.54, 1.807) is 0 Å². The maximum absolute atomic E-state index is 11.6. The maximum atomic E-state index is 11.6. The Hall–Kier alpha value is -2.20. The van der Waals surface area contributed by atoms with Crippen LogP contribution in [0.5, 0.6) is 0 Å². The van der Waals surface area contributed by atoms with Gasteiger partial charge in [-0.3, -0.25) is 14.4 Å². The average molecular weight is 449 g/mol. The van der Waals surface area contributed by atoms with Crippen LogP contribution in [-0.2, 0) is 38.1 Å². The highest BCUT2D eigenvalue weighted by molar-refractivity contribution is 5.72. The summed E-state index contributed by atoms with van der Waals surface area (Å²) >= 11 is 0. The molecule has 0 aliphatic heterocycles. The summed E-state index contributed by atoms with van der Waals surface area (Å²) < 4.78 is 19.7. The monoisotopic (exact) mass is 448 g/mol. The molecule has 0 amide bonds. The van der Waals surface area contributed by atoms with Gasteiger partial charge >= 0.3 is 23.9 Å². The largest absolute Gasteiger partial charge is 0.466 e. The Morgan fingerprint density at radius 1 is 0.452 bits per heavy atom. The highest BCUT2D eigenvalue weighted by Crippen LogP contribution is 2.05. The predicted molar refractivity (Wildman–Crippen MR) is 109 cm³/mol. The molecule has 31 heavy (non-hydrogen) atoms. The molecule has 0 spiro atoms. The summed E-state index contributed by atoms with van der Waals surface area (Å²) in [5, 5.41) is 17.1. The molecule has 180 valence electrons. The van der Waals surface area contributed by atoms with Gasteiger partial charge < -0.3 is 29.2 Å². The van der Waals surface area contributed by atoms with Gasteiger partial charge in [-0.15, -0.1) is 0 Å². The van der Waals surface area contributed by atoms with E-state index in [2.05, 4.69) is 0 Å². The Morgan fingerprint density at radius 2 is 0.903 bits per heavy atom. The quantitative estimate of drug-likeness (QED) is 0.159. The highest BCUT2D eigenvalue weighted by atomic mass is 16.6. The third kappa shape index (κ3) is 20.8. The smallest absolute Gasteiger partial charge is 0.331 e. The van der Waals surface area contributed by atoms with Gasteiger partial charge in [0.2, 0.25) is 0 Å². The molecule has 0 aliphatic carbocycles. The molecular formula is C21H36O10. The fourth-order valence-electron chi connectivity index (χ4n) is 2.41. The molecule has 0 saturated carbocycles. The van der Waals surface area contributed by atoms with Gasteiger partial charge in [-0.05, 0) is 25.7 Å². The van der Waals surface area contributed by atoms with Crippen molar-refractivity contribution in [2.75, 3.05) is 39.6 Å². The van der Waals surface area contributed by atoms with Crippen LogP contribution in [0.2, 0.25) is 0 Å². The summed E-state index contributed by atoms with van der Waals surface area (Å²) in [6, 6.07) is 0. The van der Waals surface area contributed by atoms with Crippen LogP contribution in [0.3, 0.4) is 0 Å². The number of carbonyl (C=O) groups excluding carboxylic acids is 4. The van der Waals surface area contributed by atoms with Gasteiger partial charge in [-0.2, -0.15) is 0 Å². The van der Waals surface area contributed by atoms with Crippen molar-refractivity contribution < 1.29 is 48.3 Å². The Balaban J connectivity index is 3.44. The lowest BCUT2D eigenvalue weighted by Gasteiger charge is -2.07. The fraction of sp³-hybridized carbons (Fsp3) is 0.810. The number of unbranched alkanes of at least 4 members (excludes halogenated alkanes) is 5. The molecule has 10 heteroatoms. The van der Waals surface area contributed by atoms with Crippen LogP contribution >= 0.6 is 0 Å². The van der Waals surface area contributed by atoms with E-state index >= 15 is 0 Å². The van der Waals surface area contributed by atoms with E-state index in [9.17, 15) is 19.2 Å². The van der Waals surface area contributed by atoms with Crippen molar-refractivity contribution in [3.8, 4) is 0 Å². The Bertz CT molecular complexity index is 506. The number of aliphatic hydroxyl groups excluding tert-OH is 2. The van der Waals surface area contributed by atoms with Crippen molar-refractivity contribution in [2.24, 2.45) is 0 Å². The van der Waals surface area contributed by atoms with E-state index < -0.39 is 18.5 Å². The zero-order chi connectivity index (χ0) is 23.2. The SMILES string of the molecule is O=C(CO)OCCCCCCC(=O)OCCCOC(=O)CCOC(=O)CCCCCO. The molecule has 0 atom stereocenters. The van der Waals surface area contributed by atoms with Gasteiger partial charge in [-0.1, -0.05) is 19.3 Å². The molecule has 0 unspecified atom stereocenters. The molecule has 2 N–H and O–H groups in total. The summed E-state index contributed by atoms with van der Waals surface area (Å²) in [5.41, 5.74) is 0. The first kappa shape index (κ1) is 28.8. The standard InChI is InChI=1S/C21H36O10/c22-12-6-3-5-10-19(25)31-16-11-20(26)29-15-8-14-28-18(24)9-4-1-2-7-13-30-21(27)17-23/h22-23H,1-17H2. The minimum absolute atomic E-state index is 0.0264. The van der Waals surface area contributed by atoms with Crippen LogP contribution in [0.4, 0.5) is 0 Å². The van der Waals surface area contributed by atoms with Crippen LogP contribution in [0.25, 0.3) is 0 Å².